The Morgan fingerprint density at radius 1 is 1.02 bits per heavy atom. The molecule has 0 saturated heterocycles. The van der Waals surface area contributed by atoms with Crippen LogP contribution in [0, 0.1) is 0 Å². The van der Waals surface area contributed by atoms with Gasteiger partial charge in [0.15, 0.2) is 0 Å². The predicted octanol–water partition coefficient (Wildman–Crippen LogP) is 6.53. The van der Waals surface area contributed by atoms with Gasteiger partial charge in [0.25, 0.3) is 0 Å². The average molecular weight is 542 g/mol. The Hall–Kier alpha value is -4.59. The largest absolute Gasteiger partial charge is 0.489 e. The van der Waals surface area contributed by atoms with Crippen molar-refractivity contribution >= 4 is 28.9 Å². The Morgan fingerprint density at radius 3 is 2.58 bits per heavy atom. The molecule has 1 aromatic heterocycles. The highest BCUT2D eigenvalue weighted by Crippen LogP contribution is 2.26. The van der Waals surface area contributed by atoms with Crippen molar-refractivity contribution in [2.45, 2.75) is 32.7 Å². The molecule has 0 radical (unpaired) electrons. The zero-order chi connectivity index (χ0) is 28.2. The minimum absolute atomic E-state index is 0.214. The summed E-state index contributed by atoms with van der Waals surface area (Å²) in [6.45, 7) is 4.19. The van der Waals surface area contributed by atoms with Gasteiger partial charge in [0.05, 0.1) is 18.5 Å². The van der Waals surface area contributed by atoms with Crippen LogP contribution in [-0.2, 0) is 11.3 Å². The van der Waals surface area contributed by atoms with E-state index in [1.54, 1.807) is 41.7 Å². The van der Waals surface area contributed by atoms with Crippen molar-refractivity contribution in [1.82, 2.24) is 14.5 Å². The summed E-state index contributed by atoms with van der Waals surface area (Å²) in [5, 5.41) is 11.4. The van der Waals surface area contributed by atoms with E-state index in [1.807, 2.05) is 59.3 Å². The lowest BCUT2D eigenvalue weighted by Crippen LogP contribution is -2.35. The average Bonchev–Trinajstić information content (AvgIpc) is 3.49. The fraction of sp³-hybridized carbons (Fsp3) is 0.281. The molecule has 0 atom stereocenters. The van der Waals surface area contributed by atoms with Crippen molar-refractivity contribution in [3.8, 4) is 5.75 Å². The minimum atomic E-state index is -0.978. The van der Waals surface area contributed by atoms with E-state index in [9.17, 15) is 14.7 Å². The van der Waals surface area contributed by atoms with Crippen LogP contribution in [0.3, 0.4) is 0 Å². The third-order valence-electron chi connectivity index (χ3n) is 6.47. The Bertz CT molecular complexity index is 1410. The summed E-state index contributed by atoms with van der Waals surface area (Å²) < 4.78 is 13.9. The van der Waals surface area contributed by atoms with Gasteiger partial charge in [-0.15, -0.1) is 0 Å². The van der Waals surface area contributed by atoms with Gasteiger partial charge in [0, 0.05) is 37.4 Å². The van der Waals surface area contributed by atoms with Gasteiger partial charge < -0.3 is 24.0 Å². The summed E-state index contributed by atoms with van der Waals surface area (Å²) in [6, 6.07) is 20.6. The fourth-order valence-corrected chi connectivity index (χ4v) is 4.32. The van der Waals surface area contributed by atoms with E-state index in [-0.39, 0.29) is 18.3 Å². The van der Waals surface area contributed by atoms with Gasteiger partial charge in [-0.05, 0) is 47.6 Å². The monoisotopic (exact) mass is 541 g/mol. The van der Waals surface area contributed by atoms with E-state index in [1.165, 1.54) is 0 Å². The molecule has 1 N–H and O–H groups in total. The number of rotatable bonds is 14. The molecule has 0 bridgehead atoms. The second kappa shape index (κ2) is 14.5. The number of hydrogen-bond acceptors (Lipinski definition) is 5. The first-order valence-corrected chi connectivity index (χ1v) is 13.5. The lowest BCUT2D eigenvalue weighted by molar-refractivity contribution is 0.0696. The van der Waals surface area contributed by atoms with E-state index in [0.29, 0.717) is 19.7 Å². The van der Waals surface area contributed by atoms with Crippen LogP contribution in [0.15, 0.2) is 91.0 Å². The number of carboxylic acid groups (broad SMARTS) is 1. The van der Waals surface area contributed by atoms with Crippen LogP contribution < -0.4 is 4.74 Å². The Balaban J connectivity index is 1.56. The standard InChI is InChI=1S/C32H35N3O5/c1-2-3-20-39-32(38)35(18-7-17-34-19-16-33-24-34)22-26(21-25-12-14-28(15-13-25)31(36)37)23-40-30-11-6-9-27-8-4-5-10-29(27)30/h4-6,8-16,19,21,24H,2-3,7,17-18,20,22-23H2,1H3,(H,36,37). The van der Waals surface area contributed by atoms with Crippen LogP contribution in [0.5, 0.6) is 5.75 Å². The van der Waals surface area contributed by atoms with Gasteiger partial charge in [0.1, 0.15) is 12.4 Å². The number of imidazole rings is 1. The van der Waals surface area contributed by atoms with Gasteiger partial charge in [-0.2, -0.15) is 0 Å². The SMILES string of the molecule is CCCCOC(=O)N(CCCn1ccnc1)CC(=Cc1ccc(C(=O)O)cc1)COc1cccc2ccccc12. The number of aromatic nitrogens is 2. The van der Waals surface area contributed by atoms with Crippen molar-refractivity contribution in [1.29, 1.82) is 0 Å². The molecule has 0 aliphatic heterocycles. The maximum atomic E-state index is 13.1. The van der Waals surface area contributed by atoms with Crippen LogP contribution in [0.1, 0.15) is 42.1 Å². The predicted molar refractivity (Wildman–Crippen MR) is 155 cm³/mol. The molecule has 0 fully saturated rings. The van der Waals surface area contributed by atoms with Crippen molar-refractivity contribution in [3.63, 3.8) is 0 Å². The number of benzene rings is 3. The van der Waals surface area contributed by atoms with Gasteiger partial charge in [-0.25, -0.2) is 14.6 Å². The smallest absolute Gasteiger partial charge is 0.410 e. The van der Waals surface area contributed by atoms with Crippen LogP contribution in [-0.4, -0.2) is 57.9 Å². The normalized spacial score (nSPS) is 11.4. The second-order valence-electron chi connectivity index (χ2n) is 9.54. The summed E-state index contributed by atoms with van der Waals surface area (Å²) in [6.07, 6.45) is 9.43. The number of amides is 1. The van der Waals surface area contributed by atoms with Crippen molar-refractivity contribution in [3.05, 3.63) is 102 Å². The Kier molecular flexibility index (Phi) is 10.3. The third kappa shape index (κ3) is 8.20. The molecule has 4 rings (SSSR count). The molecule has 3 aromatic carbocycles. The molecule has 1 amide bonds. The van der Waals surface area contributed by atoms with Crippen molar-refractivity contribution in [2.24, 2.45) is 0 Å². The minimum Gasteiger partial charge on any atom is -0.489 e. The molecular formula is C32H35N3O5. The van der Waals surface area contributed by atoms with Gasteiger partial charge in [-0.3, -0.25) is 0 Å². The van der Waals surface area contributed by atoms with E-state index >= 15 is 0 Å². The fourth-order valence-electron chi connectivity index (χ4n) is 4.32. The van der Waals surface area contributed by atoms with E-state index < -0.39 is 5.97 Å². The summed E-state index contributed by atoms with van der Waals surface area (Å²) in [4.78, 5) is 30.2. The molecule has 1 heterocycles. The summed E-state index contributed by atoms with van der Waals surface area (Å²) in [7, 11) is 0. The molecule has 0 saturated carbocycles. The number of unbranched alkanes of at least 4 members (excludes halogenated alkanes) is 1. The number of hydrogen-bond donors (Lipinski definition) is 1. The maximum absolute atomic E-state index is 13.1. The van der Waals surface area contributed by atoms with Gasteiger partial charge in [0.2, 0.25) is 0 Å². The highest BCUT2D eigenvalue weighted by molar-refractivity contribution is 5.88. The molecule has 4 aromatic rings. The zero-order valence-corrected chi connectivity index (χ0v) is 22.7. The first-order chi connectivity index (χ1) is 19.5. The van der Waals surface area contributed by atoms with E-state index in [4.69, 9.17) is 9.47 Å². The lowest BCUT2D eigenvalue weighted by atomic mass is 10.1. The number of fused-ring (bicyclic) bond motifs is 1. The van der Waals surface area contributed by atoms with Gasteiger partial charge in [-0.1, -0.05) is 68.0 Å². The summed E-state index contributed by atoms with van der Waals surface area (Å²) >= 11 is 0. The Labute approximate surface area is 234 Å². The Morgan fingerprint density at radius 2 is 1.82 bits per heavy atom. The number of carbonyl (C=O) groups is 2. The highest BCUT2D eigenvalue weighted by Gasteiger charge is 2.18. The number of aromatic carboxylic acids is 1. The highest BCUT2D eigenvalue weighted by atomic mass is 16.6. The molecule has 40 heavy (non-hydrogen) atoms. The number of carboxylic acids is 1. The van der Waals surface area contributed by atoms with Crippen molar-refractivity contribution in [2.75, 3.05) is 26.3 Å². The number of aryl methyl sites for hydroxylation is 1. The maximum Gasteiger partial charge on any atom is 0.410 e. The first kappa shape index (κ1) is 28.4. The van der Waals surface area contributed by atoms with Gasteiger partial charge >= 0.3 is 12.1 Å². The zero-order valence-electron chi connectivity index (χ0n) is 22.7. The topological polar surface area (TPSA) is 93.9 Å². The van der Waals surface area contributed by atoms with E-state index in [2.05, 4.69) is 11.9 Å². The second-order valence-corrected chi connectivity index (χ2v) is 9.54. The van der Waals surface area contributed by atoms with Crippen LogP contribution >= 0.6 is 0 Å². The quantitative estimate of drug-likeness (QED) is 0.183. The number of ether oxygens (including phenoxy) is 2. The number of carbonyl (C=O) groups excluding carboxylic acids is 1. The molecule has 0 aliphatic carbocycles. The third-order valence-corrected chi connectivity index (χ3v) is 6.47. The molecule has 0 aliphatic rings. The molecular weight excluding hydrogens is 506 g/mol. The number of nitrogens with zero attached hydrogens (tertiary/aromatic N) is 3. The van der Waals surface area contributed by atoms with Crippen LogP contribution in [0.25, 0.3) is 16.8 Å². The first-order valence-electron chi connectivity index (χ1n) is 13.5. The molecule has 0 spiro atoms. The molecule has 8 nitrogen and oxygen atoms in total. The van der Waals surface area contributed by atoms with E-state index in [0.717, 1.165) is 53.5 Å². The van der Waals surface area contributed by atoms with Crippen LogP contribution in [0.4, 0.5) is 4.79 Å². The summed E-state index contributed by atoms with van der Waals surface area (Å²) in [5.41, 5.74) is 1.89. The summed E-state index contributed by atoms with van der Waals surface area (Å²) in [5.74, 6) is -0.226. The molecule has 8 heteroatoms. The van der Waals surface area contributed by atoms with Crippen molar-refractivity contribution < 1.29 is 24.2 Å². The lowest BCUT2D eigenvalue weighted by Gasteiger charge is -2.24. The van der Waals surface area contributed by atoms with Crippen LogP contribution in [0.2, 0.25) is 0 Å². The molecule has 0 unspecified atom stereocenters. The molecule has 208 valence electrons.